The van der Waals surface area contributed by atoms with Gasteiger partial charge >= 0.3 is 0 Å². The molecule has 2 atom stereocenters. The summed E-state index contributed by atoms with van der Waals surface area (Å²) in [5, 5.41) is 1.85. The van der Waals surface area contributed by atoms with E-state index in [2.05, 4.69) is 4.90 Å². The second kappa shape index (κ2) is 6.82. The summed E-state index contributed by atoms with van der Waals surface area (Å²) in [6.45, 7) is 1.51. The molecule has 5 heteroatoms. The van der Waals surface area contributed by atoms with Gasteiger partial charge in [-0.05, 0) is 49.0 Å². The topological polar surface area (TPSA) is 20.3 Å². The maximum Gasteiger partial charge on any atom is 0.167 e. The van der Waals surface area contributed by atoms with E-state index in [0.717, 1.165) is 12.1 Å². The average molecular weight is 369 g/mol. The number of ketones is 1. The molecule has 2 aromatic rings. The third-order valence-electron chi connectivity index (χ3n) is 4.33. The summed E-state index contributed by atoms with van der Waals surface area (Å²) in [5.74, 6) is 0.0647. The summed E-state index contributed by atoms with van der Waals surface area (Å²) in [6.07, 6.45) is 0. The van der Waals surface area contributed by atoms with Crippen molar-refractivity contribution in [2.45, 2.75) is 5.92 Å². The van der Waals surface area contributed by atoms with E-state index in [0.29, 0.717) is 27.2 Å². The quantitative estimate of drug-likeness (QED) is 0.696. The molecule has 0 bridgehead atoms. The number of hydrogen-bond donors (Lipinski definition) is 0. The van der Waals surface area contributed by atoms with Gasteiger partial charge in [-0.2, -0.15) is 0 Å². The zero-order valence-electron chi connectivity index (χ0n) is 12.6. The largest absolute Gasteiger partial charge is 0.305 e. The van der Waals surface area contributed by atoms with E-state index in [1.54, 1.807) is 30.3 Å². The SMILES string of the molecule is CN1C[C@@H](C(=O)c2ccc(Cl)cc2)[C@H](c2ccc(Cl)cc2Cl)C1. The van der Waals surface area contributed by atoms with Gasteiger partial charge in [0, 0.05) is 45.6 Å². The van der Waals surface area contributed by atoms with E-state index in [1.165, 1.54) is 0 Å². The Morgan fingerprint density at radius 1 is 1.00 bits per heavy atom. The number of benzene rings is 2. The van der Waals surface area contributed by atoms with Crippen molar-refractivity contribution in [3.63, 3.8) is 0 Å². The highest BCUT2D eigenvalue weighted by Crippen LogP contribution is 2.38. The maximum absolute atomic E-state index is 12.9. The van der Waals surface area contributed by atoms with Crippen LogP contribution in [-0.2, 0) is 0 Å². The Morgan fingerprint density at radius 2 is 1.65 bits per heavy atom. The minimum absolute atomic E-state index is 0.0629. The van der Waals surface area contributed by atoms with Gasteiger partial charge in [0.05, 0.1) is 0 Å². The van der Waals surface area contributed by atoms with E-state index >= 15 is 0 Å². The van der Waals surface area contributed by atoms with Gasteiger partial charge < -0.3 is 4.90 Å². The Kier molecular flexibility index (Phi) is 4.98. The number of Topliss-reactive ketones (excluding diaryl/α,β-unsaturated/α-hetero) is 1. The molecule has 0 saturated carbocycles. The van der Waals surface area contributed by atoms with Crippen LogP contribution in [0.3, 0.4) is 0 Å². The fraction of sp³-hybridized carbons (Fsp3) is 0.278. The molecule has 0 amide bonds. The van der Waals surface area contributed by atoms with E-state index in [1.807, 2.05) is 19.2 Å². The zero-order valence-corrected chi connectivity index (χ0v) is 14.9. The lowest BCUT2D eigenvalue weighted by atomic mass is 9.84. The summed E-state index contributed by atoms with van der Waals surface area (Å²) in [5.41, 5.74) is 1.66. The van der Waals surface area contributed by atoms with Crippen LogP contribution in [0, 0.1) is 5.92 Å². The highest BCUT2D eigenvalue weighted by Gasteiger charge is 2.38. The van der Waals surface area contributed by atoms with E-state index in [9.17, 15) is 4.79 Å². The summed E-state index contributed by atoms with van der Waals surface area (Å²) in [4.78, 5) is 15.1. The predicted molar refractivity (Wildman–Crippen MR) is 96.0 cm³/mol. The van der Waals surface area contributed by atoms with Crippen LogP contribution in [0.15, 0.2) is 42.5 Å². The van der Waals surface area contributed by atoms with Crippen LogP contribution in [0.1, 0.15) is 21.8 Å². The summed E-state index contributed by atoms with van der Waals surface area (Å²) in [6, 6.07) is 12.5. The van der Waals surface area contributed by atoms with Gasteiger partial charge in [-0.1, -0.05) is 40.9 Å². The first-order chi connectivity index (χ1) is 11.0. The minimum atomic E-state index is -0.125. The smallest absolute Gasteiger partial charge is 0.167 e. The predicted octanol–water partition coefficient (Wildman–Crippen LogP) is 5.17. The van der Waals surface area contributed by atoms with Crippen LogP contribution >= 0.6 is 34.8 Å². The fourth-order valence-corrected chi connectivity index (χ4v) is 3.89. The van der Waals surface area contributed by atoms with Gasteiger partial charge in [-0.3, -0.25) is 4.79 Å². The van der Waals surface area contributed by atoms with Crippen LogP contribution in [0.25, 0.3) is 0 Å². The second-order valence-corrected chi connectivity index (χ2v) is 7.25. The molecule has 1 aliphatic heterocycles. The van der Waals surface area contributed by atoms with Gasteiger partial charge in [0.2, 0.25) is 0 Å². The Hall–Kier alpha value is -1.06. The van der Waals surface area contributed by atoms with Crippen molar-refractivity contribution in [1.82, 2.24) is 4.90 Å². The highest BCUT2D eigenvalue weighted by atomic mass is 35.5. The standard InChI is InChI=1S/C18H16Cl3NO/c1-22-9-15(14-7-6-13(20)8-17(14)21)16(10-22)18(23)11-2-4-12(19)5-3-11/h2-8,15-16H,9-10H2,1H3/t15-,16+/m0/s1. The zero-order chi connectivity index (χ0) is 16.6. The van der Waals surface area contributed by atoms with E-state index in [4.69, 9.17) is 34.8 Å². The van der Waals surface area contributed by atoms with Gasteiger partial charge in [0.1, 0.15) is 0 Å². The fourth-order valence-electron chi connectivity index (χ4n) is 3.21. The Labute approximate surface area is 151 Å². The number of carbonyl (C=O) groups excluding carboxylic acids is 1. The Balaban J connectivity index is 1.93. The first-order valence-corrected chi connectivity index (χ1v) is 8.52. The minimum Gasteiger partial charge on any atom is -0.305 e. The third-order valence-corrected chi connectivity index (χ3v) is 5.14. The lowest BCUT2D eigenvalue weighted by molar-refractivity contribution is 0.0916. The Morgan fingerprint density at radius 3 is 2.30 bits per heavy atom. The molecule has 2 aromatic carbocycles. The van der Waals surface area contributed by atoms with Crippen molar-refractivity contribution in [3.8, 4) is 0 Å². The number of nitrogens with zero attached hydrogens (tertiary/aromatic N) is 1. The van der Waals surface area contributed by atoms with E-state index < -0.39 is 0 Å². The van der Waals surface area contributed by atoms with Crippen molar-refractivity contribution in [2.75, 3.05) is 20.1 Å². The monoisotopic (exact) mass is 367 g/mol. The van der Waals surface area contributed by atoms with Crippen molar-refractivity contribution < 1.29 is 4.79 Å². The lowest BCUT2D eigenvalue weighted by Gasteiger charge is -2.19. The molecule has 120 valence electrons. The van der Waals surface area contributed by atoms with Gasteiger partial charge in [-0.25, -0.2) is 0 Å². The van der Waals surface area contributed by atoms with Crippen molar-refractivity contribution in [1.29, 1.82) is 0 Å². The normalized spacial score (nSPS) is 21.6. The first kappa shape index (κ1) is 16.8. The molecule has 0 radical (unpaired) electrons. The Bertz CT molecular complexity index is 730. The molecule has 0 unspecified atom stereocenters. The number of likely N-dealkylation sites (N-methyl/N-ethyl adjacent to an activating group) is 1. The van der Waals surface area contributed by atoms with Crippen LogP contribution < -0.4 is 0 Å². The molecule has 1 heterocycles. The molecule has 0 aromatic heterocycles. The van der Waals surface area contributed by atoms with Crippen LogP contribution in [-0.4, -0.2) is 30.8 Å². The van der Waals surface area contributed by atoms with Crippen molar-refractivity contribution in [3.05, 3.63) is 68.7 Å². The molecule has 1 aliphatic rings. The number of hydrogen-bond acceptors (Lipinski definition) is 2. The molecule has 23 heavy (non-hydrogen) atoms. The molecular formula is C18H16Cl3NO. The summed E-state index contributed by atoms with van der Waals surface area (Å²) in [7, 11) is 2.02. The van der Waals surface area contributed by atoms with Crippen molar-refractivity contribution >= 4 is 40.6 Å². The van der Waals surface area contributed by atoms with Gasteiger partial charge in [-0.15, -0.1) is 0 Å². The number of rotatable bonds is 3. The molecule has 0 spiro atoms. The maximum atomic E-state index is 12.9. The number of halogens is 3. The summed E-state index contributed by atoms with van der Waals surface area (Å²) >= 11 is 18.3. The van der Waals surface area contributed by atoms with Crippen LogP contribution in [0.2, 0.25) is 15.1 Å². The van der Waals surface area contributed by atoms with Gasteiger partial charge in [0.15, 0.2) is 5.78 Å². The van der Waals surface area contributed by atoms with Crippen LogP contribution in [0.5, 0.6) is 0 Å². The summed E-state index contributed by atoms with van der Waals surface area (Å²) < 4.78 is 0. The highest BCUT2D eigenvalue weighted by molar-refractivity contribution is 6.35. The first-order valence-electron chi connectivity index (χ1n) is 7.39. The van der Waals surface area contributed by atoms with Crippen LogP contribution in [0.4, 0.5) is 0 Å². The molecule has 1 fully saturated rings. The molecular weight excluding hydrogens is 353 g/mol. The third kappa shape index (κ3) is 3.56. The average Bonchev–Trinajstić information content (AvgIpc) is 2.89. The molecule has 1 saturated heterocycles. The molecule has 2 nitrogen and oxygen atoms in total. The van der Waals surface area contributed by atoms with Crippen molar-refractivity contribution in [2.24, 2.45) is 5.92 Å². The second-order valence-electron chi connectivity index (χ2n) is 5.97. The van der Waals surface area contributed by atoms with Gasteiger partial charge in [0.25, 0.3) is 0 Å². The molecule has 0 aliphatic carbocycles. The molecule has 3 rings (SSSR count). The number of carbonyl (C=O) groups is 1. The lowest BCUT2D eigenvalue weighted by Crippen LogP contribution is -2.22. The molecule has 0 N–H and O–H groups in total. The number of likely N-dealkylation sites (tertiary alicyclic amines) is 1. The van der Waals surface area contributed by atoms with E-state index in [-0.39, 0.29) is 17.6 Å².